The van der Waals surface area contributed by atoms with Crippen LogP contribution in [0.2, 0.25) is 0 Å². The molecule has 0 spiro atoms. The van der Waals surface area contributed by atoms with Crippen molar-refractivity contribution < 1.29 is 0 Å². The second kappa shape index (κ2) is 4.70. The number of hydrogen-bond acceptors (Lipinski definition) is 4. The molecule has 0 amide bonds. The number of thioether (sulfide) groups is 1. The molecule has 0 aliphatic heterocycles. The molecule has 0 fully saturated rings. The average Bonchev–Trinajstić information content (AvgIpc) is 2.81. The quantitative estimate of drug-likeness (QED) is 0.680. The van der Waals surface area contributed by atoms with Crippen molar-refractivity contribution in [3.8, 4) is 11.3 Å². The predicted molar refractivity (Wildman–Crippen MR) is 75.7 cm³/mol. The highest BCUT2D eigenvalue weighted by molar-refractivity contribution is 9.10. The summed E-state index contributed by atoms with van der Waals surface area (Å²) in [6, 6.07) is 3.90. The van der Waals surface area contributed by atoms with Crippen LogP contribution in [0.25, 0.3) is 16.9 Å². The van der Waals surface area contributed by atoms with E-state index in [1.165, 1.54) is 0 Å². The van der Waals surface area contributed by atoms with Gasteiger partial charge in [-0.2, -0.15) is 0 Å². The molecule has 4 nitrogen and oxygen atoms in total. The number of imidazole rings is 1. The molecule has 0 aliphatic carbocycles. The Balaban J connectivity index is 2.28. The highest BCUT2D eigenvalue weighted by atomic mass is 79.9. The van der Waals surface area contributed by atoms with Crippen LogP contribution < -0.4 is 0 Å². The van der Waals surface area contributed by atoms with Crippen molar-refractivity contribution in [1.29, 1.82) is 0 Å². The Hall–Kier alpha value is -1.40. The third kappa shape index (κ3) is 1.91. The smallest absolute Gasteiger partial charge is 0.170 e. The Morgan fingerprint density at radius 1 is 1.33 bits per heavy atom. The Morgan fingerprint density at radius 3 is 2.94 bits per heavy atom. The fourth-order valence-electron chi connectivity index (χ4n) is 1.72. The molecular formula is C12H9BrN4S. The molecule has 0 bridgehead atoms. The van der Waals surface area contributed by atoms with Crippen LogP contribution in [0.3, 0.4) is 0 Å². The van der Waals surface area contributed by atoms with Gasteiger partial charge in [0.05, 0.1) is 11.9 Å². The van der Waals surface area contributed by atoms with Gasteiger partial charge >= 0.3 is 0 Å². The number of rotatable bonds is 2. The highest BCUT2D eigenvalue weighted by Gasteiger charge is 2.10. The Kier molecular flexibility index (Phi) is 3.05. The zero-order valence-corrected chi connectivity index (χ0v) is 11.9. The number of pyridine rings is 1. The summed E-state index contributed by atoms with van der Waals surface area (Å²) in [5.41, 5.74) is 2.75. The van der Waals surface area contributed by atoms with Gasteiger partial charge in [-0.05, 0) is 34.3 Å². The maximum atomic E-state index is 4.62. The predicted octanol–water partition coefficient (Wildman–Crippen LogP) is 3.28. The van der Waals surface area contributed by atoms with E-state index in [1.807, 2.05) is 35.2 Å². The number of halogens is 1. The second-order valence-corrected chi connectivity index (χ2v) is 5.26. The SMILES string of the molecule is CSc1nc(-c2cccnc2)cn2c(Br)cnc12. The molecule has 18 heavy (non-hydrogen) atoms. The van der Waals surface area contributed by atoms with E-state index in [-0.39, 0.29) is 0 Å². The maximum Gasteiger partial charge on any atom is 0.170 e. The van der Waals surface area contributed by atoms with Crippen molar-refractivity contribution in [2.24, 2.45) is 0 Å². The van der Waals surface area contributed by atoms with E-state index in [0.717, 1.165) is 26.5 Å². The average molecular weight is 321 g/mol. The lowest BCUT2D eigenvalue weighted by molar-refractivity contribution is 1.03. The van der Waals surface area contributed by atoms with E-state index in [0.29, 0.717) is 0 Å². The summed E-state index contributed by atoms with van der Waals surface area (Å²) in [6.07, 6.45) is 9.30. The molecule has 0 N–H and O–H groups in total. The second-order valence-electron chi connectivity index (χ2n) is 3.65. The van der Waals surface area contributed by atoms with Gasteiger partial charge in [-0.15, -0.1) is 11.8 Å². The topological polar surface area (TPSA) is 43.1 Å². The lowest BCUT2D eigenvalue weighted by atomic mass is 10.2. The van der Waals surface area contributed by atoms with Gasteiger partial charge in [0.15, 0.2) is 5.65 Å². The van der Waals surface area contributed by atoms with E-state index in [9.17, 15) is 0 Å². The minimum atomic E-state index is 0.863. The summed E-state index contributed by atoms with van der Waals surface area (Å²) in [6.45, 7) is 0. The molecule has 0 aliphatic rings. The summed E-state index contributed by atoms with van der Waals surface area (Å²) in [5.74, 6) is 0. The molecule has 0 saturated heterocycles. The van der Waals surface area contributed by atoms with Gasteiger partial charge in [-0.1, -0.05) is 0 Å². The monoisotopic (exact) mass is 320 g/mol. The third-order valence-corrected chi connectivity index (χ3v) is 3.81. The summed E-state index contributed by atoms with van der Waals surface area (Å²) >= 11 is 5.07. The first-order chi connectivity index (χ1) is 8.79. The van der Waals surface area contributed by atoms with Gasteiger partial charge in [0.2, 0.25) is 0 Å². The number of hydrogen-bond donors (Lipinski definition) is 0. The van der Waals surface area contributed by atoms with Crippen molar-refractivity contribution in [2.75, 3.05) is 6.26 Å². The van der Waals surface area contributed by atoms with Crippen LogP contribution in [0.15, 0.2) is 46.5 Å². The van der Waals surface area contributed by atoms with Crippen LogP contribution in [0, 0.1) is 0 Å². The minimum absolute atomic E-state index is 0.863. The molecule has 0 saturated carbocycles. The van der Waals surface area contributed by atoms with E-state index >= 15 is 0 Å². The van der Waals surface area contributed by atoms with Crippen LogP contribution in [-0.2, 0) is 0 Å². The number of aromatic nitrogens is 4. The fourth-order valence-corrected chi connectivity index (χ4v) is 2.62. The summed E-state index contributed by atoms with van der Waals surface area (Å²) in [5, 5.41) is 0.905. The van der Waals surface area contributed by atoms with Crippen molar-refractivity contribution in [2.45, 2.75) is 5.03 Å². The van der Waals surface area contributed by atoms with Crippen LogP contribution >= 0.6 is 27.7 Å². The van der Waals surface area contributed by atoms with E-state index in [1.54, 1.807) is 24.2 Å². The fraction of sp³-hybridized carbons (Fsp3) is 0.0833. The van der Waals surface area contributed by atoms with Gasteiger partial charge in [-0.3, -0.25) is 9.38 Å². The first-order valence-electron chi connectivity index (χ1n) is 5.27. The van der Waals surface area contributed by atoms with E-state index in [4.69, 9.17) is 0 Å². The van der Waals surface area contributed by atoms with Gasteiger partial charge in [-0.25, -0.2) is 9.97 Å². The zero-order valence-electron chi connectivity index (χ0n) is 9.54. The Labute approximate surface area is 117 Å². The van der Waals surface area contributed by atoms with Gasteiger partial charge in [0, 0.05) is 24.2 Å². The molecule has 6 heteroatoms. The molecule has 3 rings (SSSR count). The lowest BCUT2D eigenvalue weighted by Crippen LogP contribution is -1.95. The molecule has 3 aromatic heterocycles. The maximum absolute atomic E-state index is 4.62. The van der Waals surface area contributed by atoms with E-state index < -0.39 is 0 Å². The number of fused-ring (bicyclic) bond motifs is 1. The summed E-state index contributed by atoms with van der Waals surface area (Å²) in [7, 11) is 0. The van der Waals surface area contributed by atoms with Gasteiger partial charge < -0.3 is 0 Å². The molecule has 90 valence electrons. The molecule has 0 aromatic carbocycles. The normalized spacial score (nSPS) is 11.0. The Morgan fingerprint density at radius 2 is 2.22 bits per heavy atom. The minimum Gasteiger partial charge on any atom is -0.290 e. The largest absolute Gasteiger partial charge is 0.290 e. The van der Waals surface area contributed by atoms with Crippen molar-refractivity contribution in [3.05, 3.63) is 41.5 Å². The lowest BCUT2D eigenvalue weighted by Gasteiger charge is -2.05. The molecule has 0 atom stereocenters. The Bertz CT molecular complexity index is 696. The van der Waals surface area contributed by atoms with Crippen LogP contribution in [0.4, 0.5) is 0 Å². The molecule has 0 unspecified atom stereocenters. The first kappa shape index (κ1) is 11.7. The molecule has 3 heterocycles. The highest BCUT2D eigenvalue weighted by Crippen LogP contribution is 2.26. The van der Waals surface area contributed by atoms with E-state index in [2.05, 4.69) is 30.9 Å². The van der Waals surface area contributed by atoms with Crippen LogP contribution in [0.5, 0.6) is 0 Å². The van der Waals surface area contributed by atoms with Crippen molar-refractivity contribution in [3.63, 3.8) is 0 Å². The number of nitrogens with zero attached hydrogens (tertiary/aromatic N) is 4. The first-order valence-corrected chi connectivity index (χ1v) is 7.29. The summed E-state index contributed by atoms with van der Waals surface area (Å²) in [4.78, 5) is 13.1. The van der Waals surface area contributed by atoms with Gasteiger partial charge in [0.1, 0.15) is 9.63 Å². The molecular weight excluding hydrogens is 312 g/mol. The molecule has 3 aromatic rings. The third-order valence-electron chi connectivity index (χ3n) is 2.57. The van der Waals surface area contributed by atoms with Gasteiger partial charge in [0.25, 0.3) is 0 Å². The van der Waals surface area contributed by atoms with Crippen molar-refractivity contribution >= 4 is 33.3 Å². The van der Waals surface area contributed by atoms with Crippen LogP contribution in [0.1, 0.15) is 0 Å². The summed E-state index contributed by atoms with van der Waals surface area (Å²) < 4.78 is 2.90. The van der Waals surface area contributed by atoms with Crippen LogP contribution in [-0.4, -0.2) is 25.6 Å². The zero-order chi connectivity index (χ0) is 12.5. The standard InChI is InChI=1S/C12H9BrN4S/c1-18-12-11-15-6-10(13)17(11)7-9(16-12)8-3-2-4-14-5-8/h2-7H,1H3. The van der Waals surface area contributed by atoms with Crippen molar-refractivity contribution in [1.82, 2.24) is 19.4 Å². The molecule has 0 radical (unpaired) electrons.